The lowest BCUT2D eigenvalue weighted by atomic mass is 10.2. The van der Waals surface area contributed by atoms with Gasteiger partial charge in [-0.2, -0.15) is 0 Å². The number of nitrogens with zero attached hydrogens (tertiary/aromatic N) is 1. The van der Waals surface area contributed by atoms with Crippen molar-refractivity contribution < 1.29 is 34.5 Å². The van der Waals surface area contributed by atoms with E-state index in [-0.39, 0.29) is 4.73 Å². The molecule has 1 heterocycles. The summed E-state index contributed by atoms with van der Waals surface area (Å²) in [5.74, 6) is -5.61. The molecule has 0 saturated carbocycles. The van der Waals surface area contributed by atoms with Crippen molar-refractivity contribution in [2.75, 3.05) is 0 Å². The Balaban J connectivity index is 3.18. The first-order valence-corrected chi connectivity index (χ1v) is 5.96. The summed E-state index contributed by atoms with van der Waals surface area (Å²) in [4.78, 5) is 23.0. The van der Waals surface area contributed by atoms with Gasteiger partial charge in [0.1, 0.15) is 0 Å². The molecule has 0 radical (unpaired) electrons. The minimum atomic E-state index is -0.942. The molecule has 8 heteroatoms. The van der Waals surface area contributed by atoms with Crippen LogP contribution >= 0.6 is 0 Å². The fourth-order valence-corrected chi connectivity index (χ4v) is 1.12. The molecule has 3 N–H and O–H groups in total. The van der Waals surface area contributed by atoms with Gasteiger partial charge >= 0.3 is 11.9 Å². The second-order valence-corrected chi connectivity index (χ2v) is 4.77. The van der Waals surface area contributed by atoms with E-state index in [0.29, 0.717) is 0 Å². The van der Waals surface area contributed by atoms with E-state index >= 15 is 0 Å². The normalized spacial score (nSPS) is 10.9. The molecule has 0 aliphatic rings. The lowest BCUT2D eigenvalue weighted by molar-refractivity contribution is -0.140. The third-order valence-electron chi connectivity index (χ3n) is 2.36. The van der Waals surface area contributed by atoms with Crippen LogP contribution in [0.25, 0.3) is 0 Å². The lowest BCUT2D eigenvalue weighted by Gasteiger charge is -2.09. The summed E-state index contributed by atoms with van der Waals surface area (Å²) in [5, 5.41) is 28.5. The topological polar surface area (TPSA) is 118 Å². The summed E-state index contributed by atoms with van der Waals surface area (Å²) >= 11 is 0. The monoisotopic (exact) mass is 287 g/mol. The van der Waals surface area contributed by atoms with Gasteiger partial charge in [0.25, 0.3) is 11.8 Å². The van der Waals surface area contributed by atoms with Crippen molar-refractivity contribution >= 4 is 11.9 Å². The van der Waals surface area contributed by atoms with Gasteiger partial charge in [0, 0.05) is 0 Å². The standard InChI is InChI=1S/C12H17NO7/c1-5(2)11(16)19-7-8(20-12(17)6(3)4)10(15)13(18)9(7)14/h5-6,14-15,18H,1-4H3. The Kier molecular flexibility index (Phi) is 4.49. The average Bonchev–Trinajstić information content (AvgIpc) is 2.56. The molecule has 1 aromatic heterocycles. The van der Waals surface area contributed by atoms with Gasteiger partial charge < -0.3 is 24.9 Å². The highest BCUT2D eigenvalue weighted by Crippen LogP contribution is 2.46. The quantitative estimate of drug-likeness (QED) is 0.563. The molecule has 0 unspecified atom stereocenters. The number of carbonyl (C=O) groups excluding carboxylic acids is 2. The summed E-state index contributed by atoms with van der Waals surface area (Å²) in [7, 11) is 0. The summed E-state index contributed by atoms with van der Waals surface area (Å²) in [6.45, 7) is 6.20. The minimum Gasteiger partial charge on any atom is -0.490 e. The molecule has 0 aromatic carbocycles. The molecule has 0 fully saturated rings. The smallest absolute Gasteiger partial charge is 0.314 e. The zero-order chi connectivity index (χ0) is 15.6. The largest absolute Gasteiger partial charge is 0.490 e. The second-order valence-electron chi connectivity index (χ2n) is 4.77. The zero-order valence-electron chi connectivity index (χ0n) is 11.6. The number of aromatic nitrogens is 1. The van der Waals surface area contributed by atoms with Crippen molar-refractivity contribution in [2.45, 2.75) is 27.7 Å². The maximum atomic E-state index is 11.5. The van der Waals surface area contributed by atoms with Crippen LogP contribution in [-0.4, -0.2) is 32.1 Å². The van der Waals surface area contributed by atoms with Crippen LogP contribution in [0.2, 0.25) is 0 Å². The van der Waals surface area contributed by atoms with Crippen LogP contribution in [0.15, 0.2) is 0 Å². The molecular formula is C12H17NO7. The van der Waals surface area contributed by atoms with Crippen molar-refractivity contribution in [3.8, 4) is 23.3 Å². The Hall–Kier alpha value is -2.38. The Morgan fingerprint density at radius 3 is 1.45 bits per heavy atom. The van der Waals surface area contributed by atoms with E-state index in [9.17, 15) is 25.0 Å². The summed E-state index contributed by atoms with van der Waals surface area (Å²) < 4.78 is 9.58. The van der Waals surface area contributed by atoms with E-state index in [1.807, 2.05) is 0 Å². The molecule has 0 atom stereocenters. The van der Waals surface area contributed by atoms with Gasteiger partial charge in [-0.25, -0.2) is 0 Å². The first-order valence-electron chi connectivity index (χ1n) is 5.96. The maximum absolute atomic E-state index is 11.5. The summed E-state index contributed by atoms with van der Waals surface area (Å²) in [6, 6.07) is 0. The molecule has 1 aromatic rings. The molecule has 8 nitrogen and oxygen atoms in total. The number of rotatable bonds is 4. The van der Waals surface area contributed by atoms with E-state index in [1.54, 1.807) is 27.7 Å². The number of esters is 2. The second kappa shape index (κ2) is 5.72. The molecule has 0 aliphatic heterocycles. The Labute approximate surface area is 115 Å². The highest BCUT2D eigenvalue weighted by molar-refractivity contribution is 5.80. The maximum Gasteiger partial charge on any atom is 0.314 e. The van der Waals surface area contributed by atoms with Crippen LogP contribution in [0.5, 0.6) is 23.3 Å². The van der Waals surface area contributed by atoms with Gasteiger partial charge in [-0.1, -0.05) is 27.7 Å². The van der Waals surface area contributed by atoms with E-state index in [2.05, 4.69) is 0 Å². The highest BCUT2D eigenvalue weighted by Gasteiger charge is 2.30. The summed E-state index contributed by atoms with van der Waals surface area (Å²) in [6.07, 6.45) is 0. The summed E-state index contributed by atoms with van der Waals surface area (Å²) in [5.41, 5.74) is 0. The van der Waals surface area contributed by atoms with Gasteiger partial charge in [0.15, 0.2) is 0 Å². The Morgan fingerprint density at radius 2 is 1.20 bits per heavy atom. The molecule has 20 heavy (non-hydrogen) atoms. The number of ether oxygens (including phenoxy) is 2. The van der Waals surface area contributed by atoms with Gasteiger partial charge in [-0.15, -0.1) is 4.73 Å². The average molecular weight is 287 g/mol. The van der Waals surface area contributed by atoms with Gasteiger partial charge in [0.2, 0.25) is 11.5 Å². The van der Waals surface area contributed by atoms with Crippen LogP contribution in [0, 0.1) is 11.8 Å². The Bertz CT molecular complexity index is 485. The fraction of sp³-hybridized carbons (Fsp3) is 0.500. The van der Waals surface area contributed by atoms with Crippen molar-refractivity contribution in [1.29, 1.82) is 0 Å². The molecule has 0 amide bonds. The SMILES string of the molecule is CC(C)C(=O)Oc1c(OC(=O)C(C)C)c(O)n(O)c1O. The van der Waals surface area contributed by atoms with Gasteiger partial charge in [-0.05, 0) is 0 Å². The van der Waals surface area contributed by atoms with Crippen molar-refractivity contribution in [3.05, 3.63) is 0 Å². The fourth-order valence-electron chi connectivity index (χ4n) is 1.12. The van der Waals surface area contributed by atoms with Gasteiger partial charge in [-0.3, -0.25) is 9.59 Å². The molecule has 1 rings (SSSR count). The first-order chi connectivity index (χ1) is 9.16. The Morgan fingerprint density at radius 1 is 0.900 bits per heavy atom. The number of carbonyl (C=O) groups is 2. The third-order valence-corrected chi connectivity index (χ3v) is 2.36. The van der Waals surface area contributed by atoms with Crippen molar-refractivity contribution in [3.63, 3.8) is 0 Å². The molecule has 0 aliphatic carbocycles. The lowest BCUT2D eigenvalue weighted by Crippen LogP contribution is -2.17. The minimum absolute atomic E-state index is 0.0497. The van der Waals surface area contributed by atoms with Crippen LogP contribution in [0.1, 0.15) is 27.7 Å². The van der Waals surface area contributed by atoms with Crippen LogP contribution in [0.3, 0.4) is 0 Å². The predicted molar refractivity (Wildman–Crippen MR) is 65.9 cm³/mol. The van der Waals surface area contributed by atoms with E-state index < -0.39 is 47.0 Å². The van der Waals surface area contributed by atoms with Crippen molar-refractivity contribution in [1.82, 2.24) is 4.73 Å². The highest BCUT2D eigenvalue weighted by atomic mass is 16.6. The first kappa shape index (κ1) is 15.7. The van der Waals surface area contributed by atoms with Crippen LogP contribution < -0.4 is 9.47 Å². The number of aromatic hydroxyl groups is 2. The molecule has 112 valence electrons. The predicted octanol–water partition coefficient (Wildman–Crippen LogP) is 1.26. The van der Waals surface area contributed by atoms with E-state index in [4.69, 9.17) is 9.47 Å². The molecule has 0 bridgehead atoms. The third kappa shape index (κ3) is 2.95. The van der Waals surface area contributed by atoms with Crippen molar-refractivity contribution in [2.24, 2.45) is 11.8 Å². The van der Waals surface area contributed by atoms with Gasteiger partial charge in [0.05, 0.1) is 11.8 Å². The number of hydrogen-bond acceptors (Lipinski definition) is 7. The van der Waals surface area contributed by atoms with E-state index in [1.165, 1.54) is 0 Å². The number of hydrogen-bond donors (Lipinski definition) is 3. The molecule has 0 saturated heterocycles. The van der Waals surface area contributed by atoms with Crippen LogP contribution in [0.4, 0.5) is 0 Å². The van der Waals surface area contributed by atoms with Crippen LogP contribution in [-0.2, 0) is 9.59 Å². The molecular weight excluding hydrogens is 270 g/mol. The zero-order valence-corrected chi connectivity index (χ0v) is 11.6. The molecule has 0 spiro atoms. The van der Waals surface area contributed by atoms with E-state index in [0.717, 1.165) is 0 Å².